The van der Waals surface area contributed by atoms with Crippen molar-refractivity contribution >= 4 is 5.97 Å². The highest BCUT2D eigenvalue weighted by Crippen LogP contribution is 1.91. The summed E-state index contributed by atoms with van der Waals surface area (Å²) < 4.78 is 0. The first kappa shape index (κ1) is 12.5. The molecule has 6 heteroatoms. The molecule has 6 nitrogen and oxygen atoms in total. The van der Waals surface area contributed by atoms with Crippen LogP contribution in [0.25, 0.3) is 0 Å². The first-order valence-electron chi connectivity index (χ1n) is 3.05. The number of rotatable bonds is 3. The Kier molecular flexibility index (Phi) is 10.0. The number of nitrogens with two attached hydrogens (primary N) is 1. The van der Waals surface area contributed by atoms with E-state index in [2.05, 4.69) is 0 Å². The fraction of sp³-hybridized carbons (Fsp3) is 0.800. The molecule has 0 saturated heterocycles. The Morgan fingerprint density at radius 3 is 2.18 bits per heavy atom. The SMILES string of the molecule is CCC[C@H](N)C(=O)O.O=NO. The molecule has 0 radical (unpaired) electrons. The quantitative estimate of drug-likeness (QED) is 0.411. The molecule has 0 aromatic carbocycles. The van der Waals surface area contributed by atoms with E-state index in [1.165, 1.54) is 5.34 Å². The summed E-state index contributed by atoms with van der Waals surface area (Å²) in [6.45, 7) is 1.91. The number of nitrogens with zero attached hydrogens (tertiary/aromatic N) is 1. The van der Waals surface area contributed by atoms with Gasteiger partial charge in [-0.3, -0.25) is 4.79 Å². The van der Waals surface area contributed by atoms with E-state index in [9.17, 15) is 4.79 Å². The summed E-state index contributed by atoms with van der Waals surface area (Å²) in [5, 5.41) is 16.1. The zero-order chi connectivity index (χ0) is 9.28. The predicted octanol–water partition coefficient (Wildman–Crippen LogP) is 0.340. The first-order valence-corrected chi connectivity index (χ1v) is 3.05. The van der Waals surface area contributed by atoms with Crippen LogP contribution in [0.1, 0.15) is 19.8 Å². The van der Waals surface area contributed by atoms with E-state index in [1.807, 2.05) is 6.92 Å². The van der Waals surface area contributed by atoms with Gasteiger partial charge in [0.2, 0.25) is 0 Å². The summed E-state index contributed by atoms with van der Waals surface area (Å²) >= 11 is 0. The summed E-state index contributed by atoms with van der Waals surface area (Å²) in [5.74, 6) is -0.910. The number of carbonyl (C=O) groups is 1. The molecule has 4 N–H and O–H groups in total. The molecule has 0 aromatic heterocycles. The van der Waals surface area contributed by atoms with Gasteiger partial charge in [-0.05, 0) is 6.42 Å². The molecule has 0 heterocycles. The molecule has 0 fully saturated rings. The van der Waals surface area contributed by atoms with Gasteiger partial charge < -0.3 is 16.0 Å². The highest BCUT2D eigenvalue weighted by molar-refractivity contribution is 5.72. The predicted molar refractivity (Wildman–Crippen MR) is 38.1 cm³/mol. The number of carboxylic acids is 1. The molecule has 0 spiro atoms. The summed E-state index contributed by atoms with van der Waals surface area (Å²) in [5.41, 5.74) is 5.13. The molecule has 0 aliphatic rings. The molecule has 0 aromatic rings. The third-order valence-corrected chi connectivity index (χ3v) is 0.917. The molecule has 0 unspecified atom stereocenters. The van der Waals surface area contributed by atoms with E-state index in [0.29, 0.717) is 6.42 Å². The Hall–Kier alpha value is -1.17. The van der Waals surface area contributed by atoms with Crippen LogP contribution in [0, 0.1) is 4.91 Å². The Balaban J connectivity index is 0. The van der Waals surface area contributed by atoms with E-state index in [1.54, 1.807) is 0 Å². The highest BCUT2D eigenvalue weighted by atomic mass is 16.6. The van der Waals surface area contributed by atoms with Crippen molar-refractivity contribution in [3.8, 4) is 0 Å². The average molecular weight is 164 g/mol. The van der Waals surface area contributed by atoms with Gasteiger partial charge in [-0.1, -0.05) is 13.3 Å². The van der Waals surface area contributed by atoms with Crippen molar-refractivity contribution in [1.29, 1.82) is 0 Å². The first-order chi connectivity index (χ1) is 5.09. The Morgan fingerprint density at radius 2 is 2.09 bits per heavy atom. The minimum atomic E-state index is -0.910. The Bertz CT molecular complexity index is 117. The van der Waals surface area contributed by atoms with Crippen LogP contribution in [0.4, 0.5) is 0 Å². The molecular weight excluding hydrogens is 152 g/mol. The van der Waals surface area contributed by atoms with Crippen LogP contribution < -0.4 is 5.73 Å². The van der Waals surface area contributed by atoms with Crippen LogP contribution in [-0.4, -0.2) is 22.3 Å². The maximum atomic E-state index is 9.96. The van der Waals surface area contributed by atoms with Gasteiger partial charge >= 0.3 is 5.97 Å². The molecule has 66 valence electrons. The fourth-order valence-electron chi connectivity index (χ4n) is 0.434. The molecule has 0 saturated carbocycles. The molecule has 1 atom stereocenters. The largest absolute Gasteiger partial charge is 0.480 e. The molecular formula is C5H12N2O4. The molecule has 0 aliphatic carbocycles. The van der Waals surface area contributed by atoms with Gasteiger partial charge in [0.25, 0.3) is 0 Å². The minimum Gasteiger partial charge on any atom is -0.480 e. The molecule has 0 rings (SSSR count). The monoisotopic (exact) mass is 164 g/mol. The van der Waals surface area contributed by atoms with Crippen molar-refractivity contribution in [3.63, 3.8) is 0 Å². The van der Waals surface area contributed by atoms with Crippen molar-refractivity contribution in [1.82, 2.24) is 0 Å². The van der Waals surface area contributed by atoms with Crippen LogP contribution in [-0.2, 0) is 4.79 Å². The average Bonchev–Trinajstić information content (AvgIpc) is 1.90. The third kappa shape index (κ3) is 12.1. The second-order valence-corrected chi connectivity index (χ2v) is 1.82. The Morgan fingerprint density at radius 1 is 1.73 bits per heavy atom. The second-order valence-electron chi connectivity index (χ2n) is 1.82. The second kappa shape index (κ2) is 8.83. The zero-order valence-corrected chi connectivity index (χ0v) is 6.23. The van der Waals surface area contributed by atoms with Gasteiger partial charge in [0.1, 0.15) is 6.04 Å². The van der Waals surface area contributed by atoms with Crippen molar-refractivity contribution in [2.24, 2.45) is 11.1 Å². The van der Waals surface area contributed by atoms with Gasteiger partial charge in [0, 0.05) is 0 Å². The van der Waals surface area contributed by atoms with E-state index in [4.69, 9.17) is 21.0 Å². The lowest BCUT2D eigenvalue weighted by Gasteiger charge is -2.00. The maximum Gasteiger partial charge on any atom is 0.320 e. The van der Waals surface area contributed by atoms with Crippen molar-refractivity contribution in [2.75, 3.05) is 0 Å². The van der Waals surface area contributed by atoms with Crippen LogP contribution in [0.15, 0.2) is 5.34 Å². The number of carboxylic acid groups (broad SMARTS) is 1. The lowest BCUT2D eigenvalue weighted by Crippen LogP contribution is -2.29. The Labute approximate surface area is 63.9 Å². The third-order valence-electron chi connectivity index (χ3n) is 0.917. The van der Waals surface area contributed by atoms with Gasteiger partial charge in [-0.15, -0.1) is 4.91 Å². The summed E-state index contributed by atoms with van der Waals surface area (Å²) in [6, 6.07) is -0.667. The fourth-order valence-corrected chi connectivity index (χ4v) is 0.434. The molecule has 0 aliphatic heterocycles. The van der Waals surface area contributed by atoms with Crippen molar-refractivity contribution in [2.45, 2.75) is 25.8 Å². The van der Waals surface area contributed by atoms with Gasteiger partial charge in [-0.25, -0.2) is 0 Å². The van der Waals surface area contributed by atoms with E-state index < -0.39 is 12.0 Å². The summed E-state index contributed by atoms with van der Waals surface area (Å²) in [6.07, 6.45) is 1.39. The van der Waals surface area contributed by atoms with Crippen molar-refractivity contribution in [3.05, 3.63) is 4.91 Å². The van der Waals surface area contributed by atoms with Gasteiger partial charge in [-0.2, -0.15) is 0 Å². The zero-order valence-electron chi connectivity index (χ0n) is 6.23. The summed E-state index contributed by atoms with van der Waals surface area (Å²) in [7, 11) is 0. The van der Waals surface area contributed by atoms with E-state index in [-0.39, 0.29) is 0 Å². The van der Waals surface area contributed by atoms with Crippen LogP contribution >= 0.6 is 0 Å². The van der Waals surface area contributed by atoms with Crippen LogP contribution in [0.3, 0.4) is 0 Å². The lowest BCUT2D eigenvalue weighted by atomic mass is 10.2. The number of aliphatic carboxylic acids is 1. The standard InChI is InChI=1S/C5H11NO2.HNO2/c1-2-3-4(6)5(7)8;2-1-3/h4H,2-3,6H2,1H3,(H,7,8);(H,2,3)/t4-;/m0./s1. The van der Waals surface area contributed by atoms with E-state index >= 15 is 0 Å². The molecule has 0 bridgehead atoms. The van der Waals surface area contributed by atoms with Crippen LogP contribution in [0.5, 0.6) is 0 Å². The lowest BCUT2D eigenvalue weighted by molar-refractivity contribution is -0.138. The van der Waals surface area contributed by atoms with Crippen molar-refractivity contribution < 1.29 is 15.1 Å². The molecule has 0 amide bonds. The summed E-state index contributed by atoms with van der Waals surface area (Å²) in [4.78, 5) is 18.1. The smallest absolute Gasteiger partial charge is 0.320 e. The maximum absolute atomic E-state index is 9.96. The molecule has 11 heavy (non-hydrogen) atoms. The van der Waals surface area contributed by atoms with Gasteiger partial charge in [0.15, 0.2) is 5.34 Å². The van der Waals surface area contributed by atoms with Crippen LogP contribution in [0.2, 0.25) is 0 Å². The minimum absolute atomic E-state index is 0.565. The highest BCUT2D eigenvalue weighted by Gasteiger charge is 2.07. The number of hydrogen-bond acceptors (Lipinski definition) is 4. The van der Waals surface area contributed by atoms with Gasteiger partial charge in [0.05, 0.1) is 0 Å². The normalized spacial score (nSPS) is 10.7. The number of hydrogen-bond donors (Lipinski definition) is 3. The topological polar surface area (TPSA) is 113 Å². The van der Waals surface area contributed by atoms with E-state index in [0.717, 1.165) is 6.42 Å².